The van der Waals surface area contributed by atoms with E-state index in [0.717, 1.165) is 5.69 Å². The van der Waals surface area contributed by atoms with Crippen LogP contribution >= 0.6 is 0 Å². The van der Waals surface area contributed by atoms with Crippen LogP contribution in [-0.4, -0.2) is 33.3 Å². The lowest BCUT2D eigenvalue weighted by molar-refractivity contribution is -0.146. The molecule has 0 saturated carbocycles. The van der Waals surface area contributed by atoms with Crippen LogP contribution in [0.25, 0.3) is 11.4 Å². The zero-order chi connectivity index (χ0) is 21.0. The summed E-state index contributed by atoms with van der Waals surface area (Å²) in [5.41, 5.74) is 2.35. The van der Waals surface area contributed by atoms with E-state index < -0.39 is 11.9 Å². The second kappa shape index (κ2) is 8.68. The molecular weight excluding hydrogens is 381 g/mol. The van der Waals surface area contributed by atoms with E-state index in [1.165, 1.54) is 24.3 Å². The molecule has 0 aliphatic carbocycles. The number of nitrogens with zero attached hydrogens (tertiary/aromatic N) is 3. The summed E-state index contributed by atoms with van der Waals surface area (Å²) in [5, 5.41) is 3.79. The first-order chi connectivity index (χ1) is 13.9. The first-order valence-corrected chi connectivity index (χ1v) is 8.97. The molecular formula is C20H20FN3O5. The highest BCUT2D eigenvalue weighted by molar-refractivity contribution is 5.91. The maximum Gasteiger partial charge on any atom is 0.339 e. The van der Waals surface area contributed by atoms with Crippen molar-refractivity contribution in [3.8, 4) is 11.4 Å². The molecule has 1 aromatic carbocycles. The molecule has 0 saturated heterocycles. The summed E-state index contributed by atoms with van der Waals surface area (Å²) in [5.74, 6) is -0.936. The van der Waals surface area contributed by atoms with Crippen molar-refractivity contribution >= 4 is 11.9 Å². The minimum absolute atomic E-state index is 0.0734. The number of hydrogen-bond donors (Lipinski definition) is 0. The van der Waals surface area contributed by atoms with Gasteiger partial charge in [0.1, 0.15) is 12.4 Å². The summed E-state index contributed by atoms with van der Waals surface area (Å²) in [6.07, 6.45) is 0. The number of aromatic nitrogens is 3. The molecule has 2 aromatic heterocycles. The summed E-state index contributed by atoms with van der Waals surface area (Å²) in [6, 6.07) is 7.30. The lowest BCUT2D eigenvalue weighted by atomic mass is 10.2. The topological polar surface area (TPSA) is 96.5 Å². The van der Waals surface area contributed by atoms with Crippen molar-refractivity contribution < 1.29 is 28.0 Å². The van der Waals surface area contributed by atoms with Crippen LogP contribution in [0.1, 0.15) is 34.6 Å². The van der Waals surface area contributed by atoms with Crippen molar-refractivity contribution in [2.45, 2.75) is 33.9 Å². The number of carbonyl (C=O) groups excluding carboxylic acids is 2. The van der Waals surface area contributed by atoms with Gasteiger partial charge in [-0.1, -0.05) is 5.16 Å². The van der Waals surface area contributed by atoms with Crippen LogP contribution in [0.15, 0.2) is 34.9 Å². The third-order valence-electron chi connectivity index (χ3n) is 4.28. The van der Waals surface area contributed by atoms with Gasteiger partial charge in [-0.15, -0.1) is 0 Å². The number of carbonyl (C=O) groups is 2. The molecule has 0 amide bonds. The standard InChI is InChI=1S/C20H20FN3O5/c1-4-27-20(26)16-9-12(2)24(13(16)3)10-18(25)28-11-17-22-19(23-29-17)14-5-7-15(21)8-6-14/h5-9H,4,10-11H2,1-3H3. The predicted molar refractivity (Wildman–Crippen MR) is 99.4 cm³/mol. The van der Waals surface area contributed by atoms with Gasteiger partial charge in [-0.25, -0.2) is 9.18 Å². The number of halogens is 1. The number of benzene rings is 1. The fraction of sp³-hybridized carbons (Fsp3) is 0.300. The Labute approximate surface area is 166 Å². The highest BCUT2D eigenvalue weighted by Crippen LogP contribution is 2.18. The van der Waals surface area contributed by atoms with Crippen LogP contribution in [0.5, 0.6) is 0 Å². The van der Waals surface area contributed by atoms with Crippen LogP contribution in [0, 0.1) is 19.7 Å². The Hall–Kier alpha value is -3.49. The quantitative estimate of drug-likeness (QED) is 0.561. The van der Waals surface area contributed by atoms with E-state index in [1.54, 1.807) is 31.4 Å². The highest BCUT2D eigenvalue weighted by atomic mass is 19.1. The van der Waals surface area contributed by atoms with Crippen LogP contribution in [0.2, 0.25) is 0 Å². The predicted octanol–water partition coefficient (Wildman–Crippen LogP) is 3.21. The van der Waals surface area contributed by atoms with Gasteiger partial charge >= 0.3 is 11.9 Å². The van der Waals surface area contributed by atoms with Crippen molar-refractivity contribution in [1.29, 1.82) is 0 Å². The number of aryl methyl sites for hydroxylation is 1. The molecule has 2 heterocycles. The van der Waals surface area contributed by atoms with E-state index in [4.69, 9.17) is 14.0 Å². The Morgan fingerprint density at radius 2 is 1.90 bits per heavy atom. The van der Waals surface area contributed by atoms with E-state index in [1.807, 2.05) is 0 Å². The van der Waals surface area contributed by atoms with Crippen LogP contribution in [0.3, 0.4) is 0 Å². The highest BCUT2D eigenvalue weighted by Gasteiger charge is 2.19. The molecule has 29 heavy (non-hydrogen) atoms. The second-order valence-electron chi connectivity index (χ2n) is 6.27. The number of ether oxygens (including phenoxy) is 2. The molecule has 0 aliphatic heterocycles. The molecule has 8 nitrogen and oxygen atoms in total. The largest absolute Gasteiger partial charge is 0.462 e. The average molecular weight is 401 g/mol. The third kappa shape index (κ3) is 4.68. The molecule has 0 spiro atoms. The Morgan fingerprint density at radius 1 is 1.17 bits per heavy atom. The van der Waals surface area contributed by atoms with Gasteiger partial charge in [0, 0.05) is 17.0 Å². The molecule has 0 unspecified atom stereocenters. The van der Waals surface area contributed by atoms with Gasteiger partial charge in [-0.05, 0) is 51.1 Å². The lowest BCUT2D eigenvalue weighted by Crippen LogP contribution is -2.16. The molecule has 0 aliphatic rings. The molecule has 9 heteroatoms. The van der Waals surface area contributed by atoms with E-state index in [2.05, 4.69) is 10.1 Å². The molecule has 0 bridgehead atoms. The molecule has 152 valence electrons. The Balaban J connectivity index is 1.61. The summed E-state index contributed by atoms with van der Waals surface area (Å²) in [7, 11) is 0. The van der Waals surface area contributed by atoms with Crippen molar-refractivity contribution in [3.05, 3.63) is 59.0 Å². The van der Waals surface area contributed by atoms with Gasteiger partial charge < -0.3 is 18.6 Å². The molecule has 3 rings (SSSR count). The Bertz CT molecular complexity index is 1020. The Morgan fingerprint density at radius 3 is 2.59 bits per heavy atom. The maximum absolute atomic E-state index is 13.0. The van der Waals surface area contributed by atoms with Gasteiger partial charge in [0.2, 0.25) is 5.82 Å². The lowest BCUT2D eigenvalue weighted by Gasteiger charge is -2.09. The maximum atomic E-state index is 13.0. The van der Waals surface area contributed by atoms with Crippen LogP contribution < -0.4 is 0 Å². The smallest absolute Gasteiger partial charge is 0.339 e. The summed E-state index contributed by atoms with van der Waals surface area (Å²) >= 11 is 0. The molecule has 0 atom stereocenters. The molecule has 0 N–H and O–H groups in total. The SMILES string of the molecule is CCOC(=O)c1cc(C)n(CC(=O)OCc2nc(-c3ccc(F)cc3)no2)c1C. The van der Waals surface area contributed by atoms with E-state index in [-0.39, 0.29) is 37.3 Å². The number of rotatable bonds is 7. The van der Waals surface area contributed by atoms with Crippen LogP contribution in [-0.2, 0) is 27.4 Å². The van der Waals surface area contributed by atoms with Crippen molar-refractivity contribution in [2.24, 2.45) is 0 Å². The molecule has 3 aromatic rings. The van der Waals surface area contributed by atoms with E-state index >= 15 is 0 Å². The Kier molecular flexibility index (Phi) is 6.06. The van der Waals surface area contributed by atoms with Crippen molar-refractivity contribution in [1.82, 2.24) is 14.7 Å². The monoisotopic (exact) mass is 401 g/mol. The zero-order valence-corrected chi connectivity index (χ0v) is 16.3. The van der Waals surface area contributed by atoms with Crippen LogP contribution in [0.4, 0.5) is 4.39 Å². The van der Waals surface area contributed by atoms with Crippen molar-refractivity contribution in [2.75, 3.05) is 6.61 Å². The second-order valence-corrected chi connectivity index (χ2v) is 6.27. The number of esters is 2. The summed E-state index contributed by atoms with van der Waals surface area (Å²) in [6.45, 7) is 5.25. The summed E-state index contributed by atoms with van der Waals surface area (Å²) < 4.78 is 29.9. The first-order valence-electron chi connectivity index (χ1n) is 8.97. The van der Waals surface area contributed by atoms with Gasteiger partial charge in [-0.2, -0.15) is 4.98 Å². The van der Waals surface area contributed by atoms with Gasteiger partial charge in [0.15, 0.2) is 6.61 Å². The molecule has 0 radical (unpaired) electrons. The first kappa shape index (κ1) is 20.2. The van der Waals surface area contributed by atoms with Gasteiger partial charge in [0.25, 0.3) is 5.89 Å². The normalized spacial score (nSPS) is 10.8. The average Bonchev–Trinajstić information content (AvgIpc) is 3.27. The fourth-order valence-corrected chi connectivity index (χ4v) is 2.81. The zero-order valence-electron chi connectivity index (χ0n) is 16.3. The van der Waals surface area contributed by atoms with Crippen molar-refractivity contribution in [3.63, 3.8) is 0 Å². The van der Waals surface area contributed by atoms with E-state index in [0.29, 0.717) is 16.8 Å². The molecule has 0 fully saturated rings. The fourth-order valence-electron chi connectivity index (χ4n) is 2.81. The van der Waals surface area contributed by atoms with Gasteiger partial charge in [-0.3, -0.25) is 4.79 Å². The minimum Gasteiger partial charge on any atom is -0.462 e. The van der Waals surface area contributed by atoms with E-state index in [9.17, 15) is 14.0 Å². The third-order valence-corrected chi connectivity index (χ3v) is 4.28. The summed E-state index contributed by atoms with van der Waals surface area (Å²) in [4.78, 5) is 28.3. The number of hydrogen-bond acceptors (Lipinski definition) is 7. The van der Waals surface area contributed by atoms with Gasteiger partial charge in [0.05, 0.1) is 12.2 Å². The minimum atomic E-state index is -0.524.